The van der Waals surface area contributed by atoms with Crippen LogP contribution in [0.15, 0.2) is 0 Å². The van der Waals surface area contributed by atoms with Gasteiger partial charge in [0.1, 0.15) is 11.0 Å². The van der Waals surface area contributed by atoms with Crippen molar-refractivity contribution >= 4 is 46.9 Å². The molecule has 2 nitrogen and oxygen atoms in total. The average Bonchev–Trinajstić information content (AvgIpc) is 2.81. The van der Waals surface area contributed by atoms with Crippen LogP contribution in [0.25, 0.3) is 0 Å². The molecule has 2 aliphatic rings. The molecule has 0 saturated carbocycles. The zero-order chi connectivity index (χ0) is 12.7. The summed E-state index contributed by atoms with van der Waals surface area (Å²) in [6, 6.07) is 0. The summed E-state index contributed by atoms with van der Waals surface area (Å²) in [6.45, 7) is 4.59. The maximum absolute atomic E-state index is 6.28. The van der Waals surface area contributed by atoms with Crippen molar-refractivity contribution in [2.75, 3.05) is 5.75 Å². The maximum atomic E-state index is 6.28. The van der Waals surface area contributed by atoms with Gasteiger partial charge in [-0.2, -0.15) is 23.5 Å². The topological polar surface area (TPSA) is 25.8 Å². The van der Waals surface area contributed by atoms with Gasteiger partial charge in [0.05, 0.1) is 10.9 Å². The molecular weight excluding hydrogens is 304 g/mol. The molecule has 3 atom stereocenters. The van der Waals surface area contributed by atoms with Gasteiger partial charge >= 0.3 is 0 Å². The number of halogens is 1. The first-order valence-electron chi connectivity index (χ1n) is 6.05. The van der Waals surface area contributed by atoms with Crippen molar-refractivity contribution in [3.63, 3.8) is 0 Å². The van der Waals surface area contributed by atoms with Crippen LogP contribution in [0.1, 0.15) is 36.2 Å². The van der Waals surface area contributed by atoms with Crippen LogP contribution >= 0.6 is 46.9 Å². The second-order valence-corrected chi connectivity index (χ2v) is 9.00. The maximum Gasteiger partial charge on any atom is 0.144 e. The van der Waals surface area contributed by atoms with E-state index in [1.54, 1.807) is 0 Å². The van der Waals surface area contributed by atoms with Crippen molar-refractivity contribution in [2.45, 2.75) is 41.1 Å². The number of fused-ring (bicyclic) bond motifs is 1. The van der Waals surface area contributed by atoms with Crippen LogP contribution in [0, 0.1) is 0 Å². The van der Waals surface area contributed by atoms with E-state index in [1.165, 1.54) is 0 Å². The minimum atomic E-state index is 0.398. The molecule has 6 heteroatoms. The summed E-state index contributed by atoms with van der Waals surface area (Å²) in [5.74, 6) is 3.99. The van der Waals surface area contributed by atoms with E-state index in [0.29, 0.717) is 20.9 Å². The van der Waals surface area contributed by atoms with E-state index in [2.05, 4.69) is 18.8 Å². The van der Waals surface area contributed by atoms with Gasteiger partial charge in [0, 0.05) is 33.3 Å². The second kappa shape index (κ2) is 5.43. The normalized spacial score (nSPS) is 31.4. The quantitative estimate of drug-likeness (QED) is 0.724. The number of aromatic nitrogens is 2. The minimum absolute atomic E-state index is 0.398. The number of rotatable bonds is 1. The molecule has 1 aromatic heterocycles. The van der Waals surface area contributed by atoms with Crippen LogP contribution in [0.4, 0.5) is 0 Å². The summed E-state index contributed by atoms with van der Waals surface area (Å²) in [7, 11) is 0. The van der Waals surface area contributed by atoms with Gasteiger partial charge in [0.15, 0.2) is 0 Å². The smallest absolute Gasteiger partial charge is 0.144 e. The molecule has 0 spiro atoms. The van der Waals surface area contributed by atoms with Crippen molar-refractivity contribution in [2.24, 2.45) is 0 Å². The Labute approximate surface area is 125 Å². The van der Waals surface area contributed by atoms with Crippen LogP contribution in [-0.2, 0) is 11.5 Å². The van der Waals surface area contributed by atoms with E-state index >= 15 is 0 Å². The summed E-state index contributed by atoms with van der Waals surface area (Å²) in [5.41, 5.74) is 2.31. The Morgan fingerprint density at radius 2 is 2.00 bits per heavy atom. The first kappa shape index (κ1) is 13.4. The largest absolute Gasteiger partial charge is 0.235 e. The first-order chi connectivity index (χ1) is 8.65. The molecule has 3 unspecified atom stereocenters. The first-order valence-corrected chi connectivity index (χ1v) is 9.57. The average molecular weight is 319 g/mol. The molecule has 1 saturated heterocycles. The SMILES string of the molecule is CC1SCC(c2nc(Cl)c3c(n2)CSC3)SC1C. The molecule has 0 aromatic carbocycles. The summed E-state index contributed by atoms with van der Waals surface area (Å²) in [6.07, 6.45) is 0. The molecule has 98 valence electrons. The molecule has 1 aromatic rings. The van der Waals surface area contributed by atoms with E-state index < -0.39 is 0 Å². The highest BCUT2D eigenvalue weighted by atomic mass is 35.5. The Morgan fingerprint density at radius 1 is 1.17 bits per heavy atom. The monoisotopic (exact) mass is 318 g/mol. The fraction of sp³-hybridized carbons (Fsp3) is 0.667. The van der Waals surface area contributed by atoms with Gasteiger partial charge in [-0.25, -0.2) is 9.97 Å². The lowest BCUT2D eigenvalue weighted by Crippen LogP contribution is -2.23. The molecule has 18 heavy (non-hydrogen) atoms. The van der Waals surface area contributed by atoms with Crippen LogP contribution in [0.3, 0.4) is 0 Å². The lowest BCUT2D eigenvalue weighted by atomic mass is 10.2. The van der Waals surface area contributed by atoms with E-state index in [-0.39, 0.29) is 0 Å². The van der Waals surface area contributed by atoms with E-state index in [4.69, 9.17) is 16.6 Å². The van der Waals surface area contributed by atoms with Gasteiger partial charge in [0.25, 0.3) is 0 Å². The third-order valence-electron chi connectivity index (χ3n) is 3.38. The highest BCUT2D eigenvalue weighted by molar-refractivity contribution is 8.07. The number of hydrogen-bond acceptors (Lipinski definition) is 5. The second-order valence-electron chi connectivity index (χ2n) is 4.66. The van der Waals surface area contributed by atoms with E-state index in [1.807, 2.05) is 35.3 Å². The fourth-order valence-corrected chi connectivity index (χ4v) is 6.32. The molecule has 3 heterocycles. The van der Waals surface area contributed by atoms with Gasteiger partial charge in [-0.3, -0.25) is 0 Å². The molecule has 0 radical (unpaired) electrons. The van der Waals surface area contributed by atoms with Gasteiger partial charge < -0.3 is 0 Å². The van der Waals surface area contributed by atoms with Crippen molar-refractivity contribution in [3.05, 3.63) is 22.2 Å². The molecule has 2 aliphatic heterocycles. The standard InChI is InChI=1S/C12H15ClN2S3/c1-6-7(2)18-10(5-17-6)12-14-9-4-16-3-8(9)11(13)15-12/h6-7,10H,3-5H2,1-2H3. The molecule has 0 bridgehead atoms. The van der Waals surface area contributed by atoms with Crippen LogP contribution in [0.5, 0.6) is 0 Å². The summed E-state index contributed by atoms with van der Waals surface area (Å²) >= 11 is 12.2. The highest BCUT2D eigenvalue weighted by Gasteiger charge is 2.30. The Hall–Kier alpha value is 0.420. The van der Waals surface area contributed by atoms with Crippen LogP contribution in [-0.4, -0.2) is 26.2 Å². The Balaban J connectivity index is 1.87. The van der Waals surface area contributed by atoms with Gasteiger partial charge in [-0.05, 0) is 0 Å². The van der Waals surface area contributed by atoms with Gasteiger partial charge in [0.2, 0.25) is 0 Å². The molecular formula is C12H15ClN2S3. The van der Waals surface area contributed by atoms with Crippen molar-refractivity contribution in [1.29, 1.82) is 0 Å². The fourth-order valence-electron chi connectivity index (χ4n) is 2.09. The van der Waals surface area contributed by atoms with Gasteiger partial charge in [-0.1, -0.05) is 25.4 Å². The lowest BCUT2D eigenvalue weighted by molar-refractivity contribution is 0.848. The predicted octanol–water partition coefficient (Wildman–Crippen LogP) is 4.17. The van der Waals surface area contributed by atoms with E-state index in [0.717, 1.165) is 34.3 Å². The lowest BCUT2D eigenvalue weighted by Gasteiger charge is -2.30. The molecule has 1 fully saturated rings. The number of thioether (sulfide) groups is 3. The molecule has 3 rings (SSSR count). The van der Waals surface area contributed by atoms with Crippen molar-refractivity contribution in [3.8, 4) is 0 Å². The summed E-state index contributed by atoms with van der Waals surface area (Å²) < 4.78 is 0. The zero-order valence-corrected chi connectivity index (χ0v) is 13.6. The van der Waals surface area contributed by atoms with Crippen LogP contribution in [0.2, 0.25) is 5.15 Å². The third-order valence-corrected chi connectivity index (χ3v) is 8.05. The molecule has 0 N–H and O–H groups in total. The van der Waals surface area contributed by atoms with E-state index in [9.17, 15) is 0 Å². The number of hydrogen-bond donors (Lipinski definition) is 0. The number of nitrogens with zero attached hydrogens (tertiary/aromatic N) is 2. The van der Waals surface area contributed by atoms with Crippen molar-refractivity contribution < 1.29 is 0 Å². The summed E-state index contributed by atoms with van der Waals surface area (Å²) in [4.78, 5) is 9.28. The minimum Gasteiger partial charge on any atom is -0.235 e. The van der Waals surface area contributed by atoms with Crippen LogP contribution < -0.4 is 0 Å². The Bertz CT molecular complexity index is 469. The molecule has 0 amide bonds. The third kappa shape index (κ3) is 2.51. The Kier molecular flexibility index (Phi) is 4.04. The van der Waals surface area contributed by atoms with Gasteiger partial charge in [-0.15, -0.1) is 11.8 Å². The highest BCUT2D eigenvalue weighted by Crippen LogP contribution is 2.44. The Morgan fingerprint density at radius 3 is 2.78 bits per heavy atom. The molecule has 0 aliphatic carbocycles. The predicted molar refractivity (Wildman–Crippen MR) is 83.8 cm³/mol. The zero-order valence-electron chi connectivity index (χ0n) is 10.4. The van der Waals surface area contributed by atoms with Crippen molar-refractivity contribution in [1.82, 2.24) is 9.97 Å². The summed E-state index contributed by atoms with van der Waals surface area (Å²) in [5, 5.41) is 2.44.